The number of fused-ring (bicyclic) bond motifs is 2. The van der Waals surface area contributed by atoms with Gasteiger partial charge in [-0.2, -0.15) is 5.10 Å². The van der Waals surface area contributed by atoms with Crippen molar-refractivity contribution in [3.8, 4) is 5.75 Å². The fourth-order valence-electron chi connectivity index (χ4n) is 2.87. The number of pyridine rings is 1. The molecule has 0 bridgehead atoms. The van der Waals surface area contributed by atoms with Gasteiger partial charge in [0.05, 0.1) is 29.5 Å². The Morgan fingerprint density at radius 3 is 2.80 bits per heavy atom. The molecule has 0 spiro atoms. The number of alkyl halides is 1. The second-order valence-electron chi connectivity index (χ2n) is 5.82. The number of nitrogens with zero attached hydrogens (tertiary/aromatic N) is 3. The molecule has 5 heteroatoms. The third-order valence-electron chi connectivity index (χ3n) is 4.10. The molecule has 0 atom stereocenters. The van der Waals surface area contributed by atoms with Crippen LogP contribution in [0.5, 0.6) is 5.75 Å². The average molecular weight is 333 g/mol. The molecule has 0 saturated carbocycles. The zero-order valence-corrected chi connectivity index (χ0v) is 13.4. The van der Waals surface area contributed by atoms with E-state index in [9.17, 15) is 9.50 Å². The van der Waals surface area contributed by atoms with E-state index in [1.807, 2.05) is 42.5 Å². The van der Waals surface area contributed by atoms with Crippen molar-refractivity contribution in [3.05, 3.63) is 66.0 Å². The lowest BCUT2D eigenvalue weighted by molar-refractivity contribution is 0.433. The summed E-state index contributed by atoms with van der Waals surface area (Å²) in [5.41, 5.74) is 3.63. The first-order valence-corrected chi connectivity index (χ1v) is 8.02. The fourth-order valence-corrected chi connectivity index (χ4v) is 2.87. The lowest BCUT2D eigenvalue weighted by Crippen LogP contribution is -2.00. The molecule has 25 heavy (non-hydrogen) atoms. The molecule has 4 aromatic rings. The second-order valence-corrected chi connectivity index (χ2v) is 5.82. The molecule has 2 aromatic carbocycles. The second kappa shape index (κ2) is 6.36. The van der Waals surface area contributed by atoms with E-state index in [-0.39, 0.29) is 12.3 Å². The number of benzene rings is 2. The van der Waals surface area contributed by atoms with Gasteiger partial charge in [-0.1, -0.05) is 18.2 Å². The number of rotatable bonds is 4. The van der Waals surface area contributed by atoms with Crippen LogP contribution in [0.4, 0.5) is 4.39 Å². The van der Waals surface area contributed by atoms with E-state index in [2.05, 4.69) is 10.1 Å². The quantitative estimate of drug-likeness (QED) is 0.601. The molecular weight excluding hydrogens is 317 g/mol. The van der Waals surface area contributed by atoms with Crippen LogP contribution >= 0.6 is 0 Å². The van der Waals surface area contributed by atoms with Crippen molar-refractivity contribution in [2.24, 2.45) is 0 Å². The van der Waals surface area contributed by atoms with Crippen molar-refractivity contribution >= 4 is 34.0 Å². The van der Waals surface area contributed by atoms with Gasteiger partial charge in [-0.15, -0.1) is 0 Å². The average Bonchev–Trinajstić information content (AvgIpc) is 3.02. The molecule has 2 aromatic heterocycles. The Morgan fingerprint density at radius 2 is 1.92 bits per heavy atom. The number of aryl methyl sites for hydroxylation is 1. The SMILES string of the molecule is Oc1ccc2nc(/C=C/c3ccc4c(cnn4CCF)c3)ccc2c1. The van der Waals surface area contributed by atoms with Crippen molar-refractivity contribution in [2.45, 2.75) is 6.54 Å². The molecule has 1 N–H and O–H groups in total. The monoisotopic (exact) mass is 333 g/mol. The van der Waals surface area contributed by atoms with Crippen molar-refractivity contribution < 1.29 is 9.50 Å². The van der Waals surface area contributed by atoms with Gasteiger partial charge in [0, 0.05) is 10.8 Å². The molecular formula is C20H16FN3O. The lowest BCUT2D eigenvalue weighted by atomic mass is 10.1. The lowest BCUT2D eigenvalue weighted by Gasteiger charge is -2.01. The first-order chi connectivity index (χ1) is 12.2. The molecule has 0 unspecified atom stereocenters. The third kappa shape index (κ3) is 3.08. The standard InChI is InChI=1S/C20H16FN3O/c21-9-10-24-20-8-2-14(11-16(20)13-22-24)1-4-17-5-3-15-12-18(25)6-7-19(15)23-17/h1-8,11-13,25H,9-10H2/b4-1+. The molecule has 0 aliphatic carbocycles. The molecule has 4 rings (SSSR count). The van der Waals surface area contributed by atoms with Crippen LogP contribution in [0.2, 0.25) is 0 Å². The van der Waals surface area contributed by atoms with E-state index >= 15 is 0 Å². The summed E-state index contributed by atoms with van der Waals surface area (Å²) in [6, 6.07) is 14.9. The van der Waals surface area contributed by atoms with Crippen LogP contribution in [0.3, 0.4) is 0 Å². The molecule has 0 radical (unpaired) electrons. The highest BCUT2D eigenvalue weighted by Crippen LogP contribution is 2.20. The molecule has 0 saturated heterocycles. The zero-order valence-electron chi connectivity index (χ0n) is 13.4. The molecule has 2 heterocycles. The summed E-state index contributed by atoms with van der Waals surface area (Å²) in [4.78, 5) is 4.57. The molecule has 124 valence electrons. The van der Waals surface area contributed by atoms with Crippen LogP contribution in [0.25, 0.3) is 34.0 Å². The van der Waals surface area contributed by atoms with Gasteiger partial charge in [-0.05, 0) is 48.0 Å². The van der Waals surface area contributed by atoms with Crippen molar-refractivity contribution in [2.75, 3.05) is 6.67 Å². The highest BCUT2D eigenvalue weighted by Gasteiger charge is 2.03. The predicted molar refractivity (Wildman–Crippen MR) is 98.0 cm³/mol. The summed E-state index contributed by atoms with van der Waals surface area (Å²) in [5.74, 6) is 0.235. The summed E-state index contributed by atoms with van der Waals surface area (Å²) >= 11 is 0. The van der Waals surface area contributed by atoms with Crippen molar-refractivity contribution in [1.82, 2.24) is 14.8 Å². The van der Waals surface area contributed by atoms with Crippen molar-refractivity contribution in [3.63, 3.8) is 0 Å². The highest BCUT2D eigenvalue weighted by molar-refractivity contribution is 5.84. The number of aromatic hydroxyl groups is 1. The normalized spacial score (nSPS) is 11.7. The largest absolute Gasteiger partial charge is 0.508 e. The molecule has 4 nitrogen and oxygen atoms in total. The Balaban J connectivity index is 1.62. The Kier molecular flexibility index (Phi) is 3.90. The van der Waals surface area contributed by atoms with E-state index in [0.29, 0.717) is 0 Å². The molecule has 0 aliphatic heterocycles. The van der Waals surface area contributed by atoms with Gasteiger partial charge in [-0.25, -0.2) is 9.37 Å². The maximum Gasteiger partial charge on any atom is 0.116 e. The maximum absolute atomic E-state index is 12.5. The van der Waals surface area contributed by atoms with Crippen LogP contribution in [0.15, 0.2) is 54.7 Å². The van der Waals surface area contributed by atoms with Gasteiger partial charge in [0.15, 0.2) is 0 Å². The van der Waals surface area contributed by atoms with Crippen LogP contribution in [-0.4, -0.2) is 26.5 Å². The number of phenolic OH excluding ortho intramolecular Hbond substituents is 1. The summed E-state index contributed by atoms with van der Waals surface area (Å²) in [6.07, 6.45) is 5.68. The smallest absolute Gasteiger partial charge is 0.116 e. The first-order valence-electron chi connectivity index (χ1n) is 8.02. The molecule has 0 amide bonds. The topological polar surface area (TPSA) is 50.9 Å². The van der Waals surface area contributed by atoms with E-state index in [1.54, 1.807) is 29.1 Å². The minimum Gasteiger partial charge on any atom is -0.508 e. The van der Waals surface area contributed by atoms with Gasteiger partial charge < -0.3 is 5.11 Å². The zero-order chi connectivity index (χ0) is 17.2. The Bertz CT molecular complexity index is 1080. The number of hydrogen-bond donors (Lipinski definition) is 1. The summed E-state index contributed by atoms with van der Waals surface area (Å²) < 4.78 is 14.2. The highest BCUT2D eigenvalue weighted by atomic mass is 19.1. The van der Waals surface area contributed by atoms with Gasteiger partial charge >= 0.3 is 0 Å². The maximum atomic E-state index is 12.5. The fraction of sp³-hybridized carbons (Fsp3) is 0.100. The third-order valence-corrected chi connectivity index (χ3v) is 4.10. The Labute approximate surface area is 143 Å². The van der Waals surface area contributed by atoms with E-state index in [1.165, 1.54) is 0 Å². The minimum atomic E-state index is -0.427. The molecule has 0 fully saturated rings. The van der Waals surface area contributed by atoms with Gasteiger partial charge in [-0.3, -0.25) is 4.68 Å². The van der Waals surface area contributed by atoms with Crippen LogP contribution in [-0.2, 0) is 6.54 Å². The first kappa shape index (κ1) is 15.3. The van der Waals surface area contributed by atoms with Crippen LogP contribution in [0.1, 0.15) is 11.3 Å². The summed E-state index contributed by atoms with van der Waals surface area (Å²) in [7, 11) is 0. The molecule has 0 aliphatic rings. The van der Waals surface area contributed by atoms with Gasteiger partial charge in [0.25, 0.3) is 0 Å². The predicted octanol–water partition coefficient (Wildman–Crippen LogP) is 4.43. The van der Waals surface area contributed by atoms with E-state index in [0.717, 1.165) is 33.1 Å². The Morgan fingerprint density at radius 1 is 1.00 bits per heavy atom. The summed E-state index contributed by atoms with van der Waals surface area (Å²) in [6.45, 7) is -0.154. The number of phenols is 1. The number of hydrogen-bond acceptors (Lipinski definition) is 3. The Hall–Kier alpha value is -3.21. The number of halogens is 1. The summed E-state index contributed by atoms with van der Waals surface area (Å²) in [5, 5.41) is 15.6. The van der Waals surface area contributed by atoms with Crippen LogP contribution < -0.4 is 0 Å². The minimum absolute atomic E-state index is 0.235. The van der Waals surface area contributed by atoms with E-state index < -0.39 is 6.67 Å². The van der Waals surface area contributed by atoms with Crippen LogP contribution in [0, 0.1) is 0 Å². The van der Waals surface area contributed by atoms with Gasteiger partial charge in [0.1, 0.15) is 12.4 Å². The van der Waals surface area contributed by atoms with Crippen molar-refractivity contribution in [1.29, 1.82) is 0 Å². The van der Waals surface area contributed by atoms with Gasteiger partial charge in [0.2, 0.25) is 0 Å². The number of aromatic nitrogens is 3. The van der Waals surface area contributed by atoms with E-state index in [4.69, 9.17) is 0 Å².